The summed E-state index contributed by atoms with van der Waals surface area (Å²) in [5.74, 6) is 1.65. The predicted octanol–water partition coefficient (Wildman–Crippen LogP) is 2.44. The van der Waals surface area contributed by atoms with Gasteiger partial charge >= 0.3 is 0 Å². The lowest BCUT2D eigenvalue weighted by Crippen LogP contribution is -2.37. The van der Waals surface area contributed by atoms with E-state index < -0.39 is 0 Å². The fourth-order valence-electron chi connectivity index (χ4n) is 3.55. The zero-order valence-corrected chi connectivity index (χ0v) is 15.4. The molecule has 2 aliphatic heterocycles. The van der Waals surface area contributed by atoms with Crippen molar-refractivity contribution >= 4 is 11.8 Å². The first-order chi connectivity index (χ1) is 13.3. The van der Waals surface area contributed by atoms with E-state index in [9.17, 15) is 0 Å². The second kappa shape index (κ2) is 6.66. The Bertz CT molecular complexity index is 959. The number of benzene rings is 1. The maximum absolute atomic E-state index is 5.45. The van der Waals surface area contributed by atoms with Gasteiger partial charge in [-0.15, -0.1) is 5.10 Å². The molecule has 0 saturated carbocycles. The van der Waals surface area contributed by atoms with Gasteiger partial charge in [0.15, 0.2) is 5.82 Å². The van der Waals surface area contributed by atoms with Gasteiger partial charge in [-0.25, -0.2) is 14.6 Å². The average Bonchev–Trinajstić information content (AvgIpc) is 3.06. The van der Waals surface area contributed by atoms with Crippen LogP contribution in [-0.2, 0) is 11.2 Å². The molecule has 3 aromatic rings. The van der Waals surface area contributed by atoms with Crippen molar-refractivity contribution in [1.82, 2.24) is 19.7 Å². The Balaban J connectivity index is 1.57. The van der Waals surface area contributed by atoms with E-state index in [1.807, 2.05) is 10.9 Å². The topological polar surface area (TPSA) is 68.1 Å². The van der Waals surface area contributed by atoms with Gasteiger partial charge < -0.3 is 15.0 Å². The van der Waals surface area contributed by atoms with Crippen LogP contribution in [0.2, 0.25) is 0 Å². The second-order valence-electron chi connectivity index (χ2n) is 6.99. The molecule has 0 aliphatic carbocycles. The smallest absolute Gasteiger partial charge is 0.226 e. The molecule has 0 radical (unpaired) electrons. The van der Waals surface area contributed by atoms with Crippen molar-refractivity contribution in [1.29, 1.82) is 0 Å². The zero-order valence-electron chi connectivity index (χ0n) is 15.4. The van der Waals surface area contributed by atoms with E-state index in [1.165, 1.54) is 5.56 Å². The molecule has 7 nitrogen and oxygen atoms in total. The number of aromatic nitrogens is 4. The Morgan fingerprint density at radius 1 is 1.11 bits per heavy atom. The van der Waals surface area contributed by atoms with Gasteiger partial charge in [0, 0.05) is 32.0 Å². The van der Waals surface area contributed by atoms with Crippen molar-refractivity contribution in [2.75, 3.05) is 43.1 Å². The molecule has 0 amide bonds. The van der Waals surface area contributed by atoms with E-state index in [0.29, 0.717) is 0 Å². The lowest BCUT2D eigenvalue weighted by Gasteiger charge is -2.27. The standard InChI is InChI=1S/C20H22N6O/c1-14-2-4-16(5-3-14)26-13-17-18-15(6-7-21-19(17)24-26)12-22-20(23-18)25-8-10-27-11-9-25/h2-5,12-13H,6-11H2,1H3,(H,21,24). The predicted molar refractivity (Wildman–Crippen MR) is 105 cm³/mol. The maximum Gasteiger partial charge on any atom is 0.226 e. The first-order valence-electron chi connectivity index (χ1n) is 9.37. The molecule has 0 unspecified atom stereocenters. The number of fused-ring (bicyclic) bond motifs is 3. The highest BCUT2D eigenvalue weighted by atomic mass is 16.5. The molecule has 138 valence electrons. The Morgan fingerprint density at radius 2 is 1.93 bits per heavy atom. The minimum Gasteiger partial charge on any atom is -0.378 e. The molecule has 5 rings (SSSR count). The van der Waals surface area contributed by atoms with Crippen molar-refractivity contribution in [3.05, 3.63) is 47.8 Å². The van der Waals surface area contributed by atoms with E-state index in [4.69, 9.17) is 14.8 Å². The van der Waals surface area contributed by atoms with Crippen LogP contribution >= 0.6 is 0 Å². The molecule has 2 aromatic heterocycles. The molecule has 1 aromatic carbocycles. The van der Waals surface area contributed by atoms with Crippen LogP contribution < -0.4 is 10.2 Å². The highest BCUT2D eigenvalue weighted by Crippen LogP contribution is 2.33. The Hall–Kier alpha value is -2.93. The molecule has 0 atom stereocenters. The third-order valence-electron chi connectivity index (χ3n) is 5.10. The summed E-state index contributed by atoms with van der Waals surface area (Å²) >= 11 is 0. The van der Waals surface area contributed by atoms with Crippen LogP contribution in [0, 0.1) is 6.92 Å². The molecule has 1 N–H and O–H groups in total. The van der Waals surface area contributed by atoms with Crippen LogP contribution in [0.15, 0.2) is 36.7 Å². The summed E-state index contributed by atoms with van der Waals surface area (Å²) in [4.78, 5) is 11.7. The molecular formula is C20H22N6O. The van der Waals surface area contributed by atoms with E-state index in [1.54, 1.807) is 0 Å². The Kier molecular flexibility index (Phi) is 4.01. The lowest BCUT2D eigenvalue weighted by atomic mass is 10.1. The van der Waals surface area contributed by atoms with Crippen molar-refractivity contribution in [2.45, 2.75) is 13.3 Å². The molecule has 0 bridgehead atoms. The number of hydrogen-bond donors (Lipinski definition) is 1. The first-order valence-corrected chi connectivity index (χ1v) is 9.37. The van der Waals surface area contributed by atoms with Crippen LogP contribution in [0.25, 0.3) is 16.9 Å². The van der Waals surface area contributed by atoms with E-state index >= 15 is 0 Å². The van der Waals surface area contributed by atoms with Crippen LogP contribution in [0.1, 0.15) is 11.1 Å². The first kappa shape index (κ1) is 16.3. The van der Waals surface area contributed by atoms with E-state index in [-0.39, 0.29) is 0 Å². The molecular weight excluding hydrogens is 340 g/mol. The lowest BCUT2D eigenvalue weighted by molar-refractivity contribution is 0.122. The third-order valence-corrected chi connectivity index (χ3v) is 5.10. The summed E-state index contributed by atoms with van der Waals surface area (Å²) in [5.41, 5.74) is 5.44. The molecule has 1 saturated heterocycles. The van der Waals surface area contributed by atoms with Gasteiger partial charge in [-0.05, 0) is 31.0 Å². The number of nitrogens with one attached hydrogen (secondary N) is 1. The van der Waals surface area contributed by atoms with Crippen molar-refractivity contribution < 1.29 is 4.74 Å². The highest BCUT2D eigenvalue weighted by Gasteiger charge is 2.22. The summed E-state index contributed by atoms with van der Waals surface area (Å²) in [7, 11) is 0. The highest BCUT2D eigenvalue weighted by molar-refractivity contribution is 5.76. The third kappa shape index (κ3) is 3.04. The van der Waals surface area contributed by atoms with Gasteiger partial charge in [-0.2, -0.15) is 0 Å². The molecule has 7 heteroatoms. The molecule has 2 aliphatic rings. The summed E-state index contributed by atoms with van der Waals surface area (Å²) in [5, 5.41) is 8.20. The van der Waals surface area contributed by atoms with Gasteiger partial charge in [0.05, 0.1) is 30.2 Å². The zero-order chi connectivity index (χ0) is 18.2. The molecule has 1 fully saturated rings. The summed E-state index contributed by atoms with van der Waals surface area (Å²) in [6.07, 6.45) is 4.92. The Morgan fingerprint density at radius 3 is 2.74 bits per heavy atom. The summed E-state index contributed by atoms with van der Waals surface area (Å²) in [6.45, 7) is 6.01. The second-order valence-corrected chi connectivity index (χ2v) is 6.99. The molecule has 27 heavy (non-hydrogen) atoms. The maximum atomic E-state index is 5.45. The van der Waals surface area contributed by atoms with Crippen LogP contribution in [0.3, 0.4) is 0 Å². The van der Waals surface area contributed by atoms with Crippen molar-refractivity contribution in [3.63, 3.8) is 0 Å². The van der Waals surface area contributed by atoms with Gasteiger partial charge in [0.25, 0.3) is 0 Å². The minimum absolute atomic E-state index is 0.721. The fraction of sp³-hybridized carbons (Fsp3) is 0.350. The number of rotatable bonds is 2. The van der Waals surface area contributed by atoms with Gasteiger partial charge in [0.2, 0.25) is 5.95 Å². The quantitative estimate of drug-likeness (QED) is 0.755. The number of nitrogens with zero attached hydrogens (tertiary/aromatic N) is 5. The Labute approximate surface area is 158 Å². The fourth-order valence-corrected chi connectivity index (χ4v) is 3.55. The van der Waals surface area contributed by atoms with E-state index in [0.717, 1.165) is 73.5 Å². The normalized spacial score (nSPS) is 16.3. The number of hydrogen-bond acceptors (Lipinski definition) is 6. The van der Waals surface area contributed by atoms with Crippen LogP contribution in [0.5, 0.6) is 0 Å². The largest absolute Gasteiger partial charge is 0.378 e. The van der Waals surface area contributed by atoms with Crippen LogP contribution in [0.4, 0.5) is 11.8 Å². The monoisotopic (exact) mass is 362 g/mol. The number of morpholine rings is 1. The van der Waals surface area contributed by atoms with E-state index in [2.05, 4.69) is 52.6 Å². The SMILES string of the molecule is Cc1ccc(-n2cc3c(n2)NCCc2cnc(N4CCOCC4)nc2-3)cc1. The summed E-state index contributed by atoms with van der Waals surface area (Å²) in [6, 6.07) is 8.37. The summed E-state index contributed by atoms with van der Waals surface area (Å²) < 4.78 is 7.37. The van der Waals surface area contributed by atoms with Crippen molar-refractivity contribution in [3.8, 4) is 16.9 Å². The molecule has 4 heterocycles. The molecule has 0 spiro atoms. The minimum atomic E-state index is 0.721. The van der Waals surface area contributed by atoms with Gasteiger partial charge in [-0.1, -0.05) is 17.7 Å². The van der Waals surface area contributed by atoms with Gasteiger partial charge in [-0.3, -0.25) is 0 Å². The number of anilines is 2. The van der Waals surface area contributed by atoms with Gasteiger partial charge in [0.1, 0.15) is 0 Å². The number of aryl methyl sites for hydroxylation is 1. The number of ether oxygens (including phenoxy) is 1. The van der Waals surface area contributed by atoms with Crippen LogP contribution in [-0.4, -0.2) is 52.6 Å². The average molecular weight is 362 g/mol. The van der Waals surface area contributed by atoms with Crippen molar-refractivity contribution in [2.24, 2.45) is 0 Å².